The second kappa shape index (κ2) is 9.22. The molecule has 0 saturated carbocycles. The summed E-state index contributed by atoms with van der Waals surface area (Å²) >= 11 is 1.62. The number of hydrogen-bond acceptors (Lipinski definition) is 3. The maximum Gasteiger partial charge on any atom is 0.312 e. The van der Waals surface area contributed by atoms with Crippen LogP contribution in [0.3, 0.4) is 0 Å². The molecule has 25 heavy (non-hydrogen) atoms. The Balaban J connectivity index is 2.04. The van der Waals surface area contributed by atoms with Crippen molar-refractivity contribution in [2.24, 2.45) is 5.73 Å². The van der Waals surface area contributed by atoms with E-state index in [4.69, 9.17) is 5.73 Å². The van der Waals surface area contributed by atoms with Gasteiger partial charge in [0.2, 0.25) is 5.91 Å². The van der Waals surface area contributed by atoms with Gasteiger partial charge in [0, 0.05) is 17.8 Å². The molecule has 4 N–H and O–H groups in total. The molecule has 0 radical (unpaired) electrons. The maximum atomic E-state index is 12.3. The van der Waals surface area contributed by atoms with Gasteiger partial charge in [0.05, 0.1) is 6.04 Å². The van der Waals surface area contributed by atoms with Crippen molar-refractivity contribution in [2.75, 3.05) is 6.54 Å². The number of carbonyl (C=O) groups excluding carboxylic acids is 2. The third kappa shape index (κ3) is 5.90. The molecule has 6 heteroatoms. The number of nitrogens with one attached hydrogen (secondary N) is 2. The summed E-state index contributed by atoms with van der Waals surface area (Å²) in [7, 11) is 0. The molecule has 5 nitrogen and oxygen atoms in total. The molecule has 0 spiro atoms. The zero-order valence-electron chi connectivity index (χ0n) is 14.6. The predicted molar refractivity (Wildman–Crippen MR) is 102 cm³/mol. The Kier molecular flexibility index (Phi) is 7.01. The van der Waals surface area contributed by atoms with Gasteiger partial charge in [-0.2, -0.15) is 0 Å². The summed E-state index contributed by atoms with van der Waals surface area (Å²) in [6.45, 7) is 4.72. The molecule has 0 aliphatic rings. The summed E-state index contributed by atoms with van der Waals surface area (Å²) in [4.78, 5) is 24.0. The smallest absolute Gasteiger partial charge is 0.312 e. The summed E-state index contributed by atoms with van der Waals surface area (Å²) < 4.78 is 0. The van der Waals surface area contributed by atoms with Crippen LogP contribution in [0.15, 0.2) is 41.8 Å². The van der Waals surface area contributed by atoms with Crippen molar-refractivity contribution in [3.8, 4) is 0 Å². The highest BCUT2D eigenvalue weighted by Gasteiger charge is 2.18. The molecular formula is C19H25N3O2S. The van der Waals surface area contributed by atoms with Crippen LogP contribution in [0.5, 0.6) is 0 Å². The highest BCUT2D eigenvalue weighted by atomic mass is 32.1. The van der Waals surface area contributed by atoms with E-state index in [1.165, 1.54) is 5.56 Å². The van der Waals surface area contributed by atoms with E-state index in [0.29, 0.717) is 25.3 Å². The molecule has 0 unspecified atom stereocenters. The highest BCUT2D eigenvalue weighted by molar-refractivity contribution is 7.10. The number of amides is 3. The Hall–Kier alpha value is -2.34. The lowest BCUT2D eigenvalue weighted by Crippen LogP contribution is -2.32. The first kappa shape index (κ1) is 19.0. The van der Waals surface area contributed by atoms with Crippen molar-refractivity contribution in [1.82, 2.24) is 10.6 Å². The van der Waals surface area contributed by atoms with Gasteiger partial charge in [-0.05, 0) is 34.9 Å². The van der Waals surface area contributed by atoms with Crippen LogP contribution in [0, 0.1) is 0 Å². The van der Waals surface area contributed by atoms with Crippen molar-refractivity contribution in [1.29, 1.82) is 0 Å². The Labute approximate surface area is 152 Å². The molecule has 1 aromatic heterocycles. The molecule has 1 atom stereocenters. The lowest BCUT2D eigenvalue weighted by Gasteiger charge is -2.19. The molecule has 1 aromatic carbocycles. The molecule has 2 rings (SSSR count). The van der Waals surface area contributed by atoms with Crippen LogP contribution in [-0.4, -0.2) is 18.5 Å². The number of nitrogens with two attached hydrogens (primary N) is 1. The first-order chi connectivity index (χ1) is 12.0. The number of hydrogen-bond donors (Lipinski definition) is 3. The van der Waals surface area contributed by atoms with Crippen molar-refractivity contribution in [3.63, 3.8) is 0 Å². The Morgan fingerprint density at radius 3 is 2.36 bits per heavy atom. The monoisotopic (exact) mass is 359 g/mol. The lowest BCUT2D eigenvalue weighted by molar-refractivity contribution is -0.121. The zero-order chi connectivity index (χ0) is 18.2. The van der Waals surface area contributed by atoms with Gasteiger partial charge in [0.15, 0.2) is 0 Å². The van der Waals surface area contributed by atoms with Crippen molar-refractivity contribution in [3.05, 3.63) is 57.8 Å². The van der Waals surface area contributed by atoms with E-state index in [2.05, 4.69) is 48.7 Å². The van der Waals surface area contributed by atoms with E-state index in [-0.39, 0.29) is 11.9 Å². The van der Waals surface area contributed by atoms with Gasteiger partial charge in [0.1, 0.15) is 0 Å². The van der Waals surface area contributed by atoms with Crippen LogP contribution >= 0.6 is 11.3 Å². The molecule has 3 amide bonds. The topological polar surface area (TPSA) is 84.2 Å². The van der Waals surface area contributed by atoms with E-state index in [0.717, 1.165) is 10.4 Å². The standard InChI is InChI=1S/C19H25N3O2S/c1-13(2)14-7-9-15(10-8-14)18(16-5-4-12-25-16)22-17(23)6-3-11-21-19(20)24/h4-5,7-10,12-13,18H,3,6,11H2,1-2H3,(H,22,23)(H3,20,21,24)/t18-/m1/s1. The molecule has 134 valence electrons. The summed E-state index contributed by atoms with van der Waals surface area (Å²) in [5.41, 5.74) is 7.36. The van der Waals surface area contributed by atoms with Gasteiger partial charge in [-0.25, -0.2) is 4.79 Å². The summed E-state index contributed by atoms with van der Waals surface area (Å²) in [6.07, 6.45) is 0.893. The number of benzene rings is 1. The van der Waals surface area contributed by atoms with Crippen molar-refractivity contribution < 1.29 is 9.59 Å². The first-order valence-electron chi connectivity index (χ1n) is 8.43. The van der Waals surface area contributed by atoms with Gasteiger partial charge < -0.3 is 16.4 Å². The molecule has 0 aliphatic heterocycles. The predicted octanol–water partition coefficient (Wildman–Crippen LogP) is 3.53. The van der Waals surface area contributed by atoms with Gasteiger partial charge in [0.25, 0.3) is 0 Å². The molecule has 0 fully saturated rings. The second-order valence-corrected chi connectivity index (χ2v) is 7.21. The van der Waals surface area contributed by atoms with Crippen LogP contribution in [-0.2, 0) is 4.79 Å². The van der Waals surface area contributed by atoms with Gasteiger partial charge in [-0.1, -0.05) is 44.2 Å². The Morgan fingerprint density at radius 1 is 1.12 bits per heavy atom. The fraction of sp³-hybridized carbons (Fsp3) is 0.368. The van der Waals surface area contributed by atoms with Crippen LogP contribution in [0.2, 0.25) is 0 Å². The Morgan fingerprint density at radius 2 is 1.80 bits per heavy atom. The van der Waals surface area contributed by atoms with Gasteiger partial charge >= 0.3 is 6.03 Å². The highest BCUT2D eigenvalue weighted by Crippen LogP contribution is 2.27. The number of thiophene rings is 1. The zero-order valence-corrected chi connectivity index (χ0v) is 15.4. The van der Waals surface area contributed by atoms with Gasteiger partial charge in [-0.3, -0.25) is 4.79 Å². The molecule has 2 aromatic rings. The minimum absolute atomic E-state index is 0.0439. The normalized spacial score (nSPS) is 12.0. The van der Waals surface area contributed by atoms with Crippen LogP contribution < -0.4 is 16.4 Å². The summed E-state index contributed by atoms with van der Waals surface area (Å²) in [6, 6.07) is 11.7. The lowest BCUT2D eigenvalue weighted by atomic mass is 9.98. The first-order valence-corrected chi connectivity index (χ1v) is 9.31. The fourth-order valence-electron chi connectivity index (χ4n) is 2.54. The van der Waals surface area contributed by atoms with E-state index in [1.54, 1.807) is 11.3 Å². The fourth-order valence-corrected chi connectivity index (χ4v) is 3.34. The van der Waals surface area contributed by atoms with Crippen LogP contribution in [0.25, 0.3) is 0 Å². The molecule has 1 heterocycles. The number of rotatable bonds is 8. The number of urea groups is 1. The third-order valence-electron chi connectivity index (χ3n) is 3.95. The Bertz CT molecular complexity index is 681. The second-order valence-electron chi connectivity index (χ2n) is 6.23. The average molecular weight is 359 g/mol. The van der Waals surface area contributed by atoms with E-state index >= 15 is 0 Å². The minimum Gasteiger partial charge on any atom is -0.352 e. The summed E-state index contributed by atoms with van der Waals surface area (Å²) in [5, 5.41) is 7.60. The summed E-state index contributed by atoms with van der Waals surface area (Å²) in [5.74, 6) is 0.430. The van der Waals surface area contributed by atoms with Crippen LogP contribution in [0.4, 0.5) is 4.79 Å². The largest absolute Gasteiger partial charge is 0.352 e. The quantitative estimate of drug-likeness (QED) is 0.630. The SMILES string of the molecule is CC(C)c1ccc([C@@H](NC(=O)CCCNC(N)=O)c2cccs2)cc1. The molecule has 0 aliphatic carbocycles. The number of carbonyl (C=O) groups is 2. The molecular weight excluding hydrogens is 334 g/mol. The molecule has 0 bridgehead atoms. The van der Waals surface area contributed by atoms with E-state index < -0.39 is 6.03 Å². The maximum absolute atomic E-state index is 12.3. The minimum atomic E-state index is -0.567. The van der Waals surface area contributed by atoms with Crippen molar-refractivity contribution in [2.45, 2.75) is 38.6 Å². The van der Waals surface area contributed by atoms with Crippen LogP contribution in [0.1, 0.15) is 54.7 Å². The van der Waals surface area contributed by atoms with E-state index in [1.807, 2.05) is 17.5 Å². The third-order valence-corrected chi connectivity index (χ3v) is 4.89. The molecule has 0 saturated heterocycles. The number of primary amides is 1. The average Bonchev–Trinajstić information content (AvgIpc) is 3.11. The van der Waals surface area contributed by atoms with E-state index in [9.17, 15) is 9.59 Å². The van der Waals surface area contributed by atoms with Gasteiger partial charge in [-0.15, -0.1) is 11.3 Å². The van der Waals surface area contributed by atoms with Crippen molar-refractivity contribution >= 4 is 23.3 Å².